The van der Waals surface area contributed by atoms with Gasteiger partial charge in [-0.15, -0.1) is 11.3 Å². The molecule has 3 N–H and O–H groups in total. The van der Waals surface area contributed by atoms with Gasteiger partial charge in [-0.25, -0.2) is 9.97 Å². The zero-order valence-corrected chi connectivity index (χ0v) is 10.9. The maximum absolute atomic E-state index is 5.57. The zero-order valence-electron chi connectivity index (χ0n) is 9.25. The standard InChI is InChI=1S/C11H12N4S2/c1-7(11-14-4-5-17-11)15-9-6-8(10(12)16)2-3-13-9/h2-7H,1H3,(H2,12,16)(H,13,15). The number of hydrogen-bond acceptors (Lipinski definition) is 5. The number of rotatable bonds is 4. The molecule has 0 aromatic carbocycles. The van der Waals surface area contributed by atoms with E-state index in [-0.39, 0.29) is 6.04 Å². The fourth-order valence-corrected chi connectivity index (χ4v) is 2.17. The second-order valence-electron chi connectivity index (χ2n) is 3.53. The third kappa shape index (κ3) is 2.98. The third-order valence-corrected chi connectivity index (χ3v) is 3.42. The SMILES string of the molecule is CC(Nc1cc(C(N)=S)ccn1)c1nccs1. The Kier molecular flexibility index (Phi) is 3.65. The van der Waals surface area contributed by atoms with E-state index in [0.29, 0.717) is 4.99 Å². The molecule has 0 saturated carbocycles. The van der Waals surface area contributed by atoms with Gasteiger partial charge in [0.1, 0.15) is 15.8 Å². The van der Waals surface area contributed by atoms with Crippen molar-refractivity contribution in [2.75, 3.05) is 5.32 Å². The summed E-state index contributed by atoms with van der Waals surface area (Å²) < 4.78 is 0. The van der Waals surface area contributed by atoms with E-state index in [9.17, 15) is 0 Å². The first-order valence-corrected chi connectivity index (χ1v) is 6.37. The molecule has 4 nitrogen and oxygen atoms in total. The summed E-state index contributed by atoms with van der Waals surface area (Å²) in [5, 5.41) is 6.23. The largest absolute Gasteiger partial charge is 0.389 e. The molecule has 88 valence electrons. The Morgan fingerprint density at radius 1 is 1.47 bits per heavy atom. The van der Waals surface area contributed by atoms with Gasteiger partial charge in [0.05, 0.1) is 6.04 Å². The normalized spacial score (nSPS) is 12.1. The third-order valence-electron chi connectivity index (χ3n) is 2.23. The van der Waals surface area contributed by atoms with Crippen molar-refractivity contribution in [1.29, 1.82) is 0 Å². The van der Waals surface area contributed by atoms with E-state index in [0.717, 1.165) is 16.4 Å². The molecule has 0 bridgehead atoms. The summed E-state index contributed by atoms with van der Waals surface area (Å²) in [6, 6.07) is 3.75. The summed E-state index contributed by atoms with van der Waals surface area (Å²) in [6.07, 6.45) is 3.47. The molecule has 1 atom stereocenters. The predicted molar refractivity (Wildman–Crippen MR) is 74.3 cm³/mol. The van der Waals surface area contributed by atoms with Crippen LogP contribution in [0.25, 0.3) is 0 Å². The smallest absolute Gasteiger partial charge is 0.127 e. The van der Waals surface area contributed by atoms with Crippen molar-refractivity contribution in [2.45, 2.75) is 13.0 Å². The number of thiazole rings is 1. The highest BCUT2D eigenvalue weighted by Gasteiger charge is 2.08. The molecule has 0 spiro atoms. The Labute approximate surface area is 109 Å². The first-order valence-electron chi connectivity index (χ1n) is 5.08. The molecule has 2 rings (SSSR count). The summed E-state index contributed by atoms with van der Waals surface area (Å²) in [5.74, 6) is 0.748. The average Bonchev–Trinajstić information content (AvgIpc) is 2.82. The maximum Gasteiger partial charge on any atom is 0.127 e. The molecule has 6 heteroatoms. The maximum atomic E-state index is 5.57. The zero-order chi connectivity index (χ0) is 12.3. The number of hydrogen-bond donors (Lipinski definition) is 2. The molecule has 0 aliphatic carbocycles. The Balaban J connectivity index is 2.13. The molecule has 17 heavy (non-hydrogen) atoms. The molecular formula is C11H12N4S2. The highest BCUT2D eigenvalue weighted by atomic mass is 32.1. The molecule has 2 aromatic rings. The second-order valence-corrected chi connectivity index (χ2v) is 4.90. The number of pyridine rings is 1. The average molecular weight is 264 g/mol. The highest BCUT2D eigenvalue weighted by molar-refractivity contribution is 7.80. The van der Waals surface area contributed by atoms with Crippen LogP contribution >= 0.6 is 23.6 Å². The van der Waals surface area contributed by atoms with Gasteiger partial charge in [0.25, 0.3) is 0 Å². The molecule has 0 fully saturated rings. The monoisotopic (exact) mass is 264 g/mol. The fourth-order valence-electron chi connectivity index (χ4n) is 1.39. The minimum atomic E-state index is 0.115. The van der Waals surface area contributed by atoms with Crippen LogP contribution in [0.2, 0.25) is 0 Å². The van der Waals surface area contributed by atoms with Crippen molar-refractivity contribution in [2.24, 2.45) is 5.73 Å². The van der Waals surface area contributed by atoms with Crippen LogP contribution in [0.4, 0.5) is 5.82 Å². The lowest BCUT2D eigenvalue weighted by Gasteiger charge is -2.12. The molecule has 1 unspecified atom stereocenters. The Morgan fingerprint density at radius 3 is 2.94 bits per heavy atom. The lowest BCUT2D eigenvalue weighted by molar-refractivity contribution is 0.861. The van der Waals surface area contributed by atoms with Crippen molar-refractivity contribution >= 4 is 34.4 Å². The van der Waals surface area contributed by atoms with E-state index in [1.807, 2.05) is 18.4 Å². The number of nitrogens with one attached hydrogen (secondary N) is 1. The molecule has 0 saturated heterocycles. The van der Waals surface area contributed by atoms with Crippen molar-refractivity contribution in [3.05, 3.63) is 40.5 Å². The van der Waals surface area contributed by atoms with E-state index in [1.54, 1.807) is 29.8 Å². The lowest BCUT2D eigenvalue weighted by atomic mass is 10.2. The van der Waals surface area contributed by atoms with Gasteiger partial charge in [-0.3, -0.25) is 0 Å². The van der Waals surface area contributed by atoms with E-state index in [1.165, 1.54) is 0 Å². The molecule has 2 heterocycles. The minimum absolute atomic E-state index is 0.115. The van der Waals surface area contributed by atoms with E-state index >= 15 is 0 Å². The van der Waals surface area contributed by atoms with E-state index < -0.39 is 0 Å². The summed E-state index contributed by atoms with van der Waals surface area (Å²) in [6.45, 7) is 2.04. The van der Waals surface area contributed by atoms with Crippen molar-refractivity contribution in [3.63, 3.8) is 0 Å². The summed E-state index contributed by atoms with van der Waals surface area (Å²) in [4.78, 5) is 8.84. The predicted octanol–water partition coefficient (Wildman–Crippen LogP) is 2.35. The van der Waals surface area contributed by atoms with Gasteiger partial charge in [-0.2, -0.15) is 0 Å². The van der Waals surface area contributed by atoms with Crippen molar-refractivity contribution in [1.82, 2.24) is 9.97 Å². The van der Waals surface area contributed by atoms with Crippen LogP contribution in [0.5, 0.6) is 0 Å². The van der Waals surface area contributed by atoms with Gasteiger partial charge in [0.2, 0.25) is 0 Å². The minimum Gasteiger partial charge on any atom is -0.389 e. The summed E-state index contributed by atoms with van der Waals surface area (Å²) >= 11 is 6.54. The Hall–Kier alpha value is -1.53. The Bertz CT molecular complexity index is 510. The van der Waals surface area contributed by atoms with Gasteiger partial charge in [0, 0.05) is 23.3 Å². The van der Waals surface area contributed by atoms with E-state index in [4.69, 9.17) is 18.0 Å². The molecular weight excluding hydrogens is 252 g/mol. The number of nitrogens with zero attached hydrogens (tertiary/aromatic N) is 2. The fraction of sp³-hybridized carbons (Fsp3) is 0.182. The molecule has 0 radical (unpaired) electrons. The van der Waals surface area contributed by atoms with Crippen LogP contribution in [0.3, 0.4) is 0 Å². The summed E-state index contributed by atoms with van der Waals surface area (Å²) in [5.41, 5.74) is 6.38. The van der Waals surface area contributed by atoms with Gasteiger partial charge in [-0.1, -0.05) is 12.2 Å². The van der Waals surface area contributed by atoms with Crippen LogP contribution in [0.1, 0.15) is 23.5 Å². The number of anilines is 1. The second kappa shape index (κ2) is 5.20. The van der Waals surface area contributed by atoms with Crippen LogP contribution in [-0.4, -0.2) is 15.0 Å². The van der Waals surface area contributed by atoms with Crippen LogP contribution in [0.15, 0.2) is 29.9 Å². The molecule has 2 aromatic heterocycles. The first kappa shape index (κ1) is 11.9. The lowest BCUT2D eigenvalue weighted by Crippen LogP contribution is -2.12. The van der Waals surface area contributed by atoms with Gasteiger partial charge in [0.15, 0.2) is 0 Å². The highest BCUT2D eigenvalue weighted by Crippen LogP contribution is 2.19. The molecule has 0 aliphatic rings. The molecule has 0 amide bonds. The molecule has 0 aliphatic heterocycles. The Morgan fingerprint density at radius 2 is 2.29 bits per heavy atom. The number of nitrogens with two attached hydrogens (primary N) is 1. The quantitative estimate of drug-likeness (QED) is 0.830. The van der Waals surface area contributed by atoms with Gasteiger partial charge in [-0.05, 0) is 19.1 Å². The van der Waals surface area contributed by atoms with Crippen LogP contribution in [-0.2, 0) is 0 Å². The first-order chi connectivity index (χ1) is 8.16. The van der Waals surface area contributed by atoms with Crippen LogP contribution < -0.4 is 11.1 Å². The number of aromatic nitrogens is 2. The summed E-state index contributed by atoms with van der Waals surface area (Å²) in [7, 11) is 0. The van der Waals surface area contributed by atoms with Crippen molar-refractivity contribution < 1.29 is 0 Å². The topological polar surface area (TPSA) is 63.8 Å². The van der Waals surface area contributed by atoms with Gasteiger partial charge < -0.3 is 11.1 Å². The van der Waals surface area contributed by atoms with Crippen molar-refractivity contribution in [3.8, 4) is 0 Å². The van der Waals surface area contributed by atoms with E-state index in [2.05, 4.69) is 15.3 Å². The van der Waals surface area contributed by atoms with Crippen LogP contribution in [0, 0.1) is 0 Å². The number of thiocarbonyl (C=S) groups is 1. The van der Waals surface area contributed by atoms with Gasteiger partial charge >= 0.3 is 0 Å².